The Labute approximate surface area is 79.9 Å². The minimum absolute atomic E-state index is 0.381. The van der Waals surface area contributed by atoms with Gasteiger partial charge in [0.25, 0.3) is 5.78 Å². The van der Waals surface area contributed by atoms with Crippen LogP contribution in [0.3, 0.4) is 0 Å². The Balaban J connectivity index is 2.97. The quantitative estimate of drug-likeness (QED) is 0.569. The fourth-order valence-corrected chi connectivity index (χ4v) is 0.908. The lowest BCUT2D eigenvalue weighted by atomic mass is 10.2. The maximum atomic E-state index is 11.8. The van der Waals surface area contributed by atoms with Gasteiger partial charge in [-0.25, -0.2) is 4.98 Å². The molecule has 0 saturated heterocycles. The number of hydrogen-bond donors (Lipinski definition) is 0. The molecule has 70 valence electrons. The first kappa shape index (κ1) is 10.2. The largest absolute Gasteiger partial charge is 0.454 e. The van der Waals surface area contributed by atoms with Crippen molar-refractivity contribution in [1.82, 2.24) is 4.98 Å². The summed E-state index contributed by atoms with van der Waals surface area (Å²) in [5.41, 5.74) is -0.462. The maximum absolute atomic E-state index is 11.8. The Morgan fingerprint density at radius 3 is 2.38 bits per heavy atom. The summed E-state index contributed by atoms with van der Waals surface area (Å²) in [6, 6.07) is 2.34. The smallest absolute Gasteiger partial charge is 0.284 e. The van der Waals surface area contributed by atoms with Crippen molar-refractivity contribution in [2.75, 3.05) is 0 Å². The van der Waals surface area contributed by atoms with E-state index in [-0.39, 0.29) is 0 Å². The number of carbonyl (C=O) groups excluding carboxylic acids is 1. The summed E-state index contributed by atoms with van der Waals surface area (Å²) in [6.45, 7) is 0. The first-order valence-electron chi connectivity index (χ1n) is 3.14. The van der Waals surface area contributed by atoms with Gasteiger partial charge < -0.3 is 0 Å². The molecule has 0 spiro atoms. The van der Waals surface area contributed by atoms with Crippen molar-refractivity contribution in [3.63, 3.8) is 0 Å². The van der Waals surface area contributed by atoms with Gasteiger partial charge in [-0.3, -0.25) is 4.79 Å². The van der Waals surface area contributed by atoms with E-state index in [9.17, 15) is 18.0 Å². The molecule has 1 aromatic heterocycles. The van der Waals surface area contributed by atoms with E-state index in [4.69, 9.17) is 0 Å². The van der Waals surface area contributed by atoms with E-state index in [1.165, 1.54) is 6.07 Å². The van der Waals surface area contributed by atoms with E-state index in [2.05, 4.69) is 20.9 Å². The molecule has 6 heteroatoms. The molecule has 0 unspecified atom stereocenters. The third-order valence-corrected chi connectivity index (χ3v) is 1.72. The molecule has 0 aliphatic carbocycles. The Kier molecular flexibility index (Phi) is 2.70. The SMILES string of the molecule is O=C(c1ccc(Br)nc1)C(F)(F)F. The molecule has 0 amide bonds. The molecule has 1 rings (SSSR count). The summed E-state index contributed by atoms with van der Waals surface area (Å²) in [7, 11) is 0. The van der Waals surface area contributed by atoms with Crippen LogP contribution < -0.4 is 0 Å². The van der Waals surface area contributed by atoms with Crippen LogP contribution in [-0.4, -0.2) is 16.9 Å². The summed E-state index contributed by atoms with van der Waals surface area (Å²) in [6.07, 6.45) is -3.96. The molecule has 0 N–H and O–H groups in total. The van der Waals surface area contributed by atoms with Crippen LogP contribution >= 0.6 is 15.9 Å². The molecule has 0 bridgehead atoms. The number of rotatable bonds is 1. The number of aromatic nitrogens is 1. The van der Waals surface area contributed by atoms with Gasteiger partial charge in [0, 0.05) is 11.8 Å². The van der Waals surface area contributed by atoms with Crippen LogP contribution in [0.15, 0.2) is 22.9 Å². The highest BCUT2D eigenvalue weighted by atomic mass is 79.9. The zero-order chi connectivity index (χ0) is 10.1. The normalized spacial score (nSPS) is 11.4. The van der Waals surface area contributed by atoms with Crippen LogP contribution in [0.2, 0.25) is 0 Å². The first-order valence-corrected chi connectivity index (χ1v) is 3.93. The molecule has 0 aliphatic heterocycles. The zero-order valence-electron chi connectivity index (χ0n) is 6.10. The van der Waals surface area contributed by atoms with E-state index in [1.807, 2.05) is 0 Å². The van der Waals surface area contributed by atoms with Crippen molar-refractivity contribution >= 4 is 21.7 Å². The van der Waals surface area contributed by atoms with Crippen LogP contribution in [0.4, 0.5) is 13.2 Å². The third-order valence-electron chi connectivity index (χ3n) is 1.25. The van der Waals surface area contributed by atoms with Crippen molar-refractivity contribution in [2.24, 2.45) is 0 Å². The summed E-state index contributed by atoms with van der Waals surface area (Å²) in [5, 5.41) is 0. The number of alkyl halides is 3. The first-order chi connectivity index (χ1) is 5.91. The van der Waals surface area contributed by atoms with E-state index in [0.29, 0.717) is 4.60 Å². The number of halogens is 4. The Bertz CT molecular complexity index is 320. The predicted molar refractivity (Wildman–Crippen MR) is 42.3 cm³/mol. The fourth-order valence-electron chi connectivity index (χ4n) is 0.674. The zero-order valence-corrected chi connectivity index (χ0v) is 7.69. The molecule has 0 saturated carbocycles. The van der Waals surface area contributed by atoms with Gasteiger partial charge in [0.05, 0.1) is 0 Å². The van der Waals surface area contributed by atoms with Gasteiger partial charge in [-0.15, -0.1) is 0 Å². The summed E-state index contributed by atoms with van der Waals surface area (Å²) < 4.78 is 35.9. The lowest BCUT2D eigenvalue weighted by Gasteiger charge is -2.03. The monoisotopic (exact) mass is 253 g/mol. The molecule has 1 aromatic rings. The summed E-state index contributed by atoms with van der Waals surface area (Å²) in [4.78, 5) is 14.1. The van der Waals surface area contributed by atoms with E-state index in [1.54, 1.807) is 0 Å². The van der Waals surface area contributed by atoms with Gasteiger partial charge in [-0.2, -0.15) is 13.2 Å². The third kappa shape index (κ3) is 2.51. The van der Waals surface area contributed by atoms with E-state index < -0.39 is 17.5 Å². The van der Waals surface area contributed by atoms with Gasteiger partial charge in [0.15, 0.2) is 0 Å². The number of pyridine rings is 1. The summed E-state index contributed by atoms with van der Waals surface area (Å²) >= 11 is 2.94. The highest BCUT2D eigenvalue weighted by molar-refractivity contribution is 9.10. The standard InChI is InChI=1S/C7H3BrF3NO/c8-5-2-1-4(3-12-5)6(13)7(9,10)11/h1-3H. The van der Waals surface area contributed by atoms with Crippen LogP contribution in [0.1, 0.15) is 10.4 Å². The van der Waals surface area contributed by atoms with Crippen molar-refractivity contribution in [1.29, 1.82) is 0 Å². The second-order valence-electron chi connectivity index (χ2n) is 2.20. The lowest BCUT2D eigenvalue weighted by molar-refractivity contribution is -0.0885. The molecule has 13 heavy (non-hydrogen) atoms. The molecule has 0 fully saturated rings. The Morgan fingerprint density at radius 1 is 1.38 bits per heavy atom. The van der Waals surface area contributed by atoms with Crippen molar-refractivity contribution < 1.29 is 18.0 Å². The molecule has 2 nitrogen and oxygen atoms in total. The number of nitrogens with zero attached hydrogens (tertiary/aromatic N) is 1. The second kappa shape index (κ2) is 3.45. The maximum Gasteiger partial charge on any atom is 0.454 e. The number of Topliss-reactive ketones (excluding diaryl/α,β-unsaturated/α-hetero) is 1. The van der Waals surface area contributed by atoms with Crippen molar-refractivity contribution in [3.8, 4) is 0 Å². The molecule has 0 aromatic carbocycles. The molecule has 1 heterocycles. The Hall–Kier alpha value is -0.910. The van der Waals surface area contributed by atoms with Crippen LogP contribution in [0.25, 0.3) is 0 Å². The minimum atomic E-state index is -4.84. The summed E-state index contributed by atoms with van der Waals surface area (Å²) in [5.74, 6) is -1.88. The number of ketones is 1. The van der Waals surface area contributed by atoms with E-state index in [0.717, 1.165) is 12.3 Å². The van der Waals surface area contributed by atoms with Gasteiger partial charge in [0.2, 0.25) is 0 Å². The number of carbonyl (C=O) groups is 1. The molecule has 0 atom stereocenters. The van der Waals surface area contributed by atoms with Crippen LogP contribution in [-0.2, 0) is 0 Å². The van der Waals surface area contributed by atoms with Gasteiger partial charge in [-0.1, -0.05) is 0 Å². The average Bonchev–Trinajstić information content (AvgIpc) is 2.03. The van der Waals surface area contributed by atoms with Crippen molar-refractivity contribution in [3.05, 3.63) is 28.5 Å². The minimum Gasteiger partial charge on any atom is -0.284 e. The van der Waals surface area contributed by atoms with Crippen LogP contribution in [0, 0.1) is 0 Å². The second-order valence-corrected chi connectivity index (χ2v) is 3.01. The lowest BCUT2D eigenvalue weighted by Crippen LogP contribution is -2.22. The molecule has 0 aliphatic rings. The number of hydrogen-bond acceptors (Lipinski definition) is 2. The van der Waals surface area contributed by atoms with Gasteiger partial charge >= 0.3 is 6.18 Å². The predicted octanol–water partition coefficient (Wildman–Crippen LogP) is 2.59. The van der Waals surface area contributed by atoms with E-state index >= 15 is 0 Å². The highest BCUT2D eigenvalue weighted by Crippen LogP contribution is 2.21. The van der Waals surface area contributed by atoms with Gasteiger partial charge in [-0.05, 0) is 28.1 Å². The van der Waals surface area contributed by atoms with Crippen molar-refractivity contribution in [2.45, 2.75) is 6.18 Å². The molecular formula is C7H3BrF3NO. The molecular weight excluding hydrogens is 251 g/mol. The average molecular weight is 254 g/mol. The fraction of sp³-hybridized carbons (Fsp3) is 0.143. The topological polar surface area (TPSA) is 30.0 Å². The van der Waals surface area contributed by atoms with Crippen LogP contribution in [0.5, 0.6) is 0 Å². The molecule has 0 radical (unpaired) electrons. The Morgan fingerprint density at radius 2 is 2.00 bits per heavy atom. The van der Waals surface area contributed by atoms with Gasteiger partial charge in [0.1, 0.15) is 4.60 Å². The highest BCUT2D eigenvalue weighted by Gasteiger charge is 2.39.